The Morgan fingerprint density at radius 2 is 1.56 bits per heavy atom. The van der Waals surface area contributed by atoms with Gasteiger partial charge in [-0.25, -0.2) is 0 Å². The van der Waals surface area contributed by atoms with E-state index in [2.05, 4.69) is 16.8 Å². The van der Waals surface area contributed by atoms with E-state index in [0.29, 0.717) is 25.9 Å². The van der Waals surface area contributed by atoms with Crippen LogP contribution >= 0.6 is 0 Å². The van der Waals surface area contributed by atoms with E-state index in [1.54, 1.807) is 0 Å². The molecular weight excluding hydrogens is 428 g/mol. The van der Waals surface area contributed by atoms with Gasteiger partial charge in [0.05, 0.1) is 0 Å². The molecule has 3 heterocycles. The van der Waals surface area contributed by atoms with Gasteiger partial charge in [-0.3, -0.25) is 9.59 Å². The van der Waals surface area contributed by atoms with E-state index < -0.39 is 0 Å². The van der Waals surface area contributed by atoms with Crippen molar-refractivity contribution >= 4 is 11.8 Å². The van der Waals surface area contributed by atoms with E-state index in [9.17, 15) is 9.59 Å². The standard InChI is InChI=1S/C27H42N4O3/c1-28-17-19-30(20-18-28)27(33)21-23-22-31(16-11-25(23)34-24-9-5-4-6-10-24)26(32)12-15-29-13-7-2-3-8-14-29/h4-6,9-10,23,25H,2-3,7-8,11-22H2,1H3/t23-,25-/m0/s1. The highest BCUT2D eigenvalue weighted by molar-refractivity contribution is 5.78. The van der Waals surface area contributed by atoms with E-state index in [1.807, 2.05) is 40.1 Å². The normalized spacial score (nSPS) is 25.1. The molecule has 2 atom stereocenters. The minimum atomic E-state index is -0.0477. The summed E-state index contributed by atoms with van der Waals surface area (Å²) >= 11 is 0. The summed E-state index contributed by atoms with van der Waals surface area (Å²) in [4.78, 5) is 35.0. The summed E-state index contributed by atoms with van der Waals surface area (Å²) in [5.74, 6) is 1.27. The molecule has 7 nitrogen and oxygen atoms in total. The van der Waals surface area contributed by atoms with Crippen LogP contribution in [0.4, 0.5) is 0 Å². The molecule has 34 heavy (non-hydrogen) atoms. The first-order chi connectivity index (χ1) is 16.6. The van der Waals surface area contributed by atoms with Gasteiger partial charge in [-0.1, -0.05) is 31.0 Å². The number of rotatable bonds is 7. The summed E-state index contributed by atoms with van der Waals surface area (Å²) in [6, 6.07) is 9.87. The van der Waals surface area contributed by atoms with Crippen molar-refractivity contribution in [1.82, 2.24) is 19.6 Å². The first-order valence-electron chi connectivity index (χ1n) is 13.3. The molecule has 1 aromatic rings. The van der Waals surface area contributed by atoms with Gasteiger partial charge in [0.2, 0.25) is 11.8 Å². The van der Waals surface area contributed by atoms with Crippen molar-refractivity contribution in [1.29, 1.82) is 0 Å². The van der Waals surface area contributed by atoms with Crippen LogP contribution in [-0.2, 0) is 9.59 Å². The number of likely N-dealkylation sites (N-methyl/N-ethyl adjacent to an activating group) is 1. The number of nitrogens with zero attached hydrogens (tertiary/aromatic N) is 4. The Labute approximate surface area is 205 Å². The molecule has 3 fully saturated rings. The molecule has 0 aliphatic carbocycles. The van der Waals surface area contributed by atoms with Crippen LogP contribution in [0.25, 0.3) is 0 Å². The van der Waals surface area contributed by atoms with Gasteiger partial charge in [0.15, 0.2) is 0 Å². The highest BCUT2D eigenvalue weighted by atomic mass is 16.5. The molecule has 0 aromatic heterocycles. The molecule has 2 amide bonds. The summed E-state index contributed by atoms with van der Waals surface area (Å²) in [5, 5.41) is 0. The number of piperazine rings is 1. The highest BCUT2D eigenvalue weighted by Gasteiger charge is 2.35. The first kappa shape index (κ1) is 25.0. The Hall–Kier alpha value is -2.12. The van der Waals surface area contributed by atoms with E-state index in [4.69, 9.17) is 4.74 Å². The fourth-order valence-electron chi connectivity index (χ4n) is 5.44. The van der Waals surface area contributed by atoms with Gasteiger partial charge in [0, 0.05) is 71.0 Å². The second-order valence-corrected chi connectivity index (χ2v) is 10.3. The molecule has 3 aliphatic rings. The number of carbonyl (C=O) groups excluding carboxylic acids is 2. The lowest BCUT2D eigenvalue weighted by Gasteiger charge is -2.40. The van der Waals surface area contributed by atoms with E-state index in [0.717, 1.165) is 58.0 Å². The van der Waals surface area contributed by atoms with Crippen LogP contribution in [0, 0.1) is 5.92 Å². The van der Waals surface area contributed by atoms with Crippen molar-refractivity contribution in [2.45, 2.75) is 51.0 Å². The predicted molar refractivity (Wildman–Crippen MR) is 134 cm³/mol. The summed E-state index contributed by atoms with van der Waals surface area (Å²) in [7, 11) is 2.10. The topological polar surface area (TPSA) is 56.3 Å². The molecule has 0 spiro atoms. The van der Waals surface area contributed by atoms with Crippen molar-refractivity contribution in [2.75, 3.05) is 66.0 Å². The lowest BCUT2D eigenvalue weighted by atomic mass is 9.90. The number of piperidine rings is 1. The zero-order valence-corrected chi connectivity index (χ0v) is 20.9. The highest BCUT2D eigenvalue weighted by Crippen LogP contribution is 2.27. The van der Waals surface area contributed by atoms with Gasteiger partial charge >= 0.3 is 0 Å². The van der Waals surface area contributed by atoms with Crippen molar-refractivity contribution in [3.8, 4) is 5.75 Å². The minimum Gasteiger partial charge on any atom is -0.490 e. The molecule has 1 aromatic carbocycles. The van der Waals surface area contributed by atoms with Gasteiger partial charge in [-0.15, -0.1) is 0 Å². The third-order valence-corrected chi connectivity index (χ3v) is 7.68. The Bertz CT molecular complexity index is 773. The fraction of sp³-hybridized carbons (Fsp3) is 0.704. The predicted octanol–water partition coefficient (Wildman–Crippen LogP) is 2.71. The van der Waals surface area contributed by atoms with Crippen LogP contribution in [0.2, 0.25) is 0 Å². The Morgan fingerprint density at radius 1 is 0.853 bits per heavy atom. The molecule has 0 N–H and O–H groups in total. The number of amides is 2. The molecule has 4 rings (SSSR count). The van der Waals surface area contributed by atoms with Crippen molar-refractivity contribution < 1.29 is 14.3 Å². The maximum absolute atomic E-state index is 13.2. The van der Waals surface area contributed by atoms with Crippen LogP contribution in [0.5, 0.6) is 5.75 Å². The molecule has 188 valence electrons. The number of para-hydroxylation sites is 1. The second kappa shape index (κ2) is 12.5. The van der Waals surface area contributed by atoms with Gasteiger partial charge in [0.25, 0.3) is 0 Å². The SMILES string of the molecule is CN1CCN(C(=O)C[C@H]2CN(C(=O)CCN3CCCCCC3)CC[C@@H]2Oc2ccccc2)CC1. The Morgan fingerprint density at radius 3 is 2.26 bits per heavy atom. The number of benzene rings is 1. The largest absolute Gasteiger partial charge is 0.490 e. The van der Waals surface area contributed by atoms with Crippen LogP contribution in [0.1, 0.15) is 44.9 Å². The summed E-state index contributed by atoms with van der Waals surface area (Å²) in [6.45, 7) is 7.79. The zero-order valence-electron chi connectivity index (χ0n) is 20.9. The fourth-order valence-corrected chi connectivity index (χ4v) is 5.44. The Kier molecular flexibility index (Phi) is 9.22. The summed E-state index contributed by atoms with van der Waals surface area (Å²) in [5.41, 5.74) is 0. The molecule has 0 radical (unpaired) electrons. The molecule has 0 unspecified atom stereocenters. The van der Waals surface area contributed by atoms with Gasteiger partial charge in [0.1, 0.15) is 11.9 Å². The van der Waals surface area contributed by atoms with Crippen LogP contribution < -0.4 is 4.74 Å². The van der Waals surface area contributed by atoms with Gasteiger partial charge in [-0.2, -0.15) is 0 Å². The number of likely N-dealkylation sites (tertiary alicyclic amines) is 2. The average molecular weight is 471 g/mol. The molecule has 3 aliphatic heterocycles. The van der Waals surface area contributed by atoms with Crippen LogP contribution in [0.3, 0.4) is 0 Å². The van der Waals surface area contributed by atoms with E-state index in [-0.39, 0.29) is 23.8 Å². The van der Waals surface area contributed by atoms with Crippen molar-refractivity contribution in [2.24, 2.45) is 5.92 Å². The molecule has 3 saturated heterocycles. The minimum absolute atomic E-state index is 0.0169. The average Bonchev–Trinajstić information content (AvgIpc) is 3.13. The number of ether oxygens (including phenoxy) is 1. The van der Waals surface area contributed by atoms with E-state index >= 15 is 0 Å². The van der Waals surface area contributed by atoms with Crippen molar-refractivity contribution in [3.05, 3.63) is 30.3 Å². The number of hydrogen-bond donors (Lipinski definition) is 0. The maximum atomic E-state index is 13.2. The lowest BCUT2D eigenvalue weighted by molar-refractivity contribution is -0.140. The van der Waals surface area contributed by atoms with E-state index in [1.165, 1.54) is 25.7 Å². The maximum Gasteiger partial charge on any atom is 0.223 e. The zero-order chi connectivity index (χ0) is 23.8. The van der Waals surface area contributed by atoms with Gasteiger partial charge in [-0.05, 0) is 45.1 Å². The molecule has 0 saturated carbocycles. The molecule has 0 bridgehead atoms. The quantitative estimate of drug-likeness (QED) is 0.613. The van der Waals surface area contributed by atoms with Gasteiger partial charge < -0.3 is 24.3 Å². The van der Waals surface area contributed by atoms with Crippen LogP contribution in [0.15, 0.2) is 30.3 Å². The third kappa shape index (κ3) is 7.19. The second-order valence-electron chi connectivity index (χ2n) is 10.3. The lowest BCUT2D eigenvalue weighted by Crippen LogP contribution is -2.52. The molecule has 7 heteroatoms. The monoisotopic (exact) mass is 470 g/mol. The molecular formula is C27H42N4O3. The third-order valence-electron chi connectivity index (χ3n) is 7.68. The summed E-state index contributed by atoms with van der Waals surface area (Å²) in [6.07, 6.45) is 6.84. The Balaban J connectivity index is 1.35. The number of hydrogen-bond acceptors (Lipinski definition) is 5. The first-order valence-corrected chi connectivity index (χ1v) is 13.3. The van der Waals surface area contributed by atoms with Crippen LogP contribution in [-0.4, -0.2) is 103 Å². The smallest absolute Gasteiger partial charge is 0.223 e. The van der Waals surface area contributed by atoms with Crippen molar-refractivity contribution in [3.63, 3.8) is 0 Å². The summed E-state index contributed by atoms with van der Waals surface area (Å²) < 4.78 is 6.35. The number of carbonyl (C=O) groups is 2.